The van der Waals surface area contributed by atoms with Crippen molar-refractivity contribution in [1.29, 1.82) is 0 Å². The Morgan fingerprint density at radius 1 is 1.22 bits per heavy atom. The average Bonchev–Trinajstić information content (AvgIpc) is 3.13. The number of nitrogens with one attached hydrogen (secondary N) is 1. The Balaban J connectivity index is 1.67. The predicted octanol–water partition coefficient (Wildman–Crippen LogP) is 4.67. The van der Waals surface area contributed by atoms with Gasteiger partial charge >= 0.3 is 0 Å². The van der Waals surface area contributed by atoms with Gasteiger partial charge in [-0.3, -0.25) is 0 Å². The lowest BCUT2D eigenvalue weighted by Crippen LogP contribution is -2.17. The van der Waals surface area contributed by atoms with Crippen LogP contribution in [0.2, 0.25) is 10.0 Å². The first kappa shape index (κ1) is 14.4. The molecule has 0 spiro atoms. The van der Waals surface area contributed by atoms with Gasteiger partial charge in [-0.1, -0.05) is 23.2 Å². The van der Waals surface area contributed by atoms with Crippen LogP contribution in [-0.2, 0) is 0 Å². The second-order valence-electron chi connectivity index (χ2n) is 4.48. The first-order valence-electron chi connectivity index (χ1n) is 6.17. The molecular formula is C13H16BrCl2NO. The third-order valence-electron chi connectivity index (χ3n) is 2.81. The van der Waals surface area contributed by atoms with Crippen molar-refractivity contribution in [2.45, 2.75) is 31.7 Å². The van der Waals surface area contributed by atoms with Crippen LogP contribution < -0.4 is 10.1 Å². The molecule has 0 saturated heterocycles. The van der Waals surface area contributed by atoms with E-state index >= 15 is 0 Å². The fourth-order valence-corrected chi connectivity index (χ4v) is 2.46. The number of ether oxygens (including phenoxy) is 1. The van der Waals surface area contributed by atoms with E-state index in [1.807, 2.05) is 0 Å². The van der Waals surface area contributed by atoms with Crippen LogP contribution in [0.15, 0.2) is 16.6 Å². The van der Waals surface area contributed by atoms with Crippen LogP contribution in [-0.4, -0.2) is 19.2 Å². The van der Waals surface area contributed by atoms with Crippen molar-refractivity contribution < 1.29 is 4.74 Å². The molecule has 1 aromatic rings. The summed E-state index contributed by atoms with van der Waals surface area (Å²) in [6, 6.07) is 4.29. The summed E-state index contributed by atoms with van der Waals surface area (Å²) < 4.78 is 6.42. The van der Waals surface area contributed by atoms with E-state index in [9.17, 15) is 0 Å². The Labute approximate surface area is 126 Å². The molecule has 0 aliphatic heterocycles. The SMILES string of the molecule is Clc1cc(OCCCCNC2CC2)c(Cl)cc1Br. The van der Waals surface area contributed by atoms with Crippen LogP contribution in [0.25, 0.3) is 0 Å². The van der Waals surface area contributed by atoms with Crippen LogP contribution in [0.5, 0.6) is 5.75 Å². The summed E-state index contributed by atoms with van der Waals surface area (Å²) in [6.45, 7) is 1.74. The number of unbranched alkanes of at least 4 members (excludes halogenated alkanes) is 1. The molecule has 0 atom stereocenters. The van der Waals surface area contributed by atoms with Crippen LogP contribution >= 0.6 is 39.1 Å². The van der Waals surface area contributed by atoms with E-state index < -0.39 is 0 Å². The van der Waals surface area contributed by atoms with Crippen molar-refractivity contribution in [2.24, 2.45) is 0 Å². The van der Waals surface area contributed by atoms with Crippen LogP contribution in [0.3, 0.4) is 0 Å². The van der Waals surface area contributed by atoms with Gasteiger partial charge in [-0.2, -0.15) is 0 Å². The molecule has 0 bridgehead atoms. The number of hydrogen-bond acceptors (Lipinski definition) is 2. The van der Waals surface area contributed by atoms with Crippen molar-refractivity contribution in [3.63, 3.8) is 0 Å². The molecule has 0 unspecified atom stereocenters. The zero-order valence-corrected chi connectivity index (χ0v) is 13.1. The molecular weight excluding hydrogens is 337 g/mol. The normalized spacial score (nSPS) is 14.8. The second kappa shape index (κ2) is 6.99. The van der Waals surface area contributed by atoms with Gasteiger partial charge in [0.15, 0.2) is 0 Å². The van der Waals surface area contributed by atoms with Crippen LogP contribution in [0, 0.1) is 0 Å². The summed E-state index contributed by atoms with van der Waals surface area (Å²) in [5, 5.41) is 4.68. The molecule has 1 aliphatic rings. The zero-order chi connectivity index (χ0) is 13.0. The lowest BCUT2D eigenvalue weighted by molar-refractivity contribution is 0.306. The largest absolute Gasteiger partial charge is 0.492 e. The Morgan fingerprint density at radius 2 is 2.00 bits per heavy atom. The molecule has 1 fully saturated rings. The van der Waals surface area contributed by atoms with Crippen molar-refractivity contribution in [2.75, 3.05) is 13.2 Å². The van der Waals surface area contributed by atoms with Gasteiger partial charge in [-0.15, -0.1) is 0 Å². The standard InChI is InChI=1S/C13H16BrCl2NO/c14-10-7-12(16)13(8-11(10)15)18-6-2-1-5-17-9-3-4-9/h7-9,17H,1-6H2. The van der Waals surface area contributed by atoms with Crippen LogP contribution in [0.4, 0.5) is 0 Å². The van der Waals surface area contributed by atoms with Gasteiger partial charge in [0.2, 0.25) is 0 Å². The molecule has 5 heteroatoms. The molecule has 1 N–H and O–H groups in total. The molecule has 2 rings (SSSR count). The van der Waals surface area contributed by atoms with Crippen molar-refractivity contribution in [1.82, 2.24) is 5.32 Å². The Morgan fingerprint density at radius 3 is 2.72 bits per heavy atom. The fraction of sp³-hybridized carbons (Fsp3) is 0.538. The van der Waals surface area contributed by atoms with Gasteiger partial charge in [0.25, 0.3) is 0 Å². The highest BCUT2D eigenvalue weighted by molar-refractivity contribution is 9.10. The topological polar surface area (TPSA) is 21.3 Å². The molecule has 18 heavy (non-hydrogen) atoms. The maximum Gasteiger partial charge on any atom is 0.139 e. The maximum atomic E-state index is 6.07. The Bertz CT molecular complexity index is 410. The summed E-state index contributed by atoms with van der Waals surface area (Å²) in [6.07, 6.45) is 4.81. The molecule has 100 valence electrons. The number of halogens is 3. The molecule has 0 amide bonds. The minimum atomic E-state index is 0.586. The summed E-state index contributed by atoms with van der Waals surface area (Å²) >= 11 is 15.4. The van der Waals surface area contributed by atoms with Gasteiger partial charge in [0, 0.05) is 16.6 Å². The number of benzene rings is 1. The fourth-order valence-electron chi connectivity index (χ4n) is 1.62. The maximum absolute atomic E-state index is 6.07. The first-order valence-corrected chi connectivity index (χ1v) is 7.72. The Kier molecular flexibility index (Phi) is 5.61. The molecule has 1 saturated carbocycles. The van der Waals surface area contributed by atoms with E-state index in [-0.39, 0.29) is 0 Å². The lowest BCUT2D eigenvalue weighted by atomic mass is 10.3. The average molecular weight is 353 g/mol. The van der Waals surface area contributed by atoms with Crippen LogP contribution in [0.1, 0.15) is 25.7 Å². The minimum Gasteiger partial charge on any atom is -0.492 e. The molecule has 1 aromatic carbocycles. The third-order valence-corrected chi connectivity index (χ3v) is 4.31. The van der Waals surface area contributed by atoms with E-state index in [0.717, 1.165) is 29.9 Å². The van der Waals surface area contributed by atoms with E-state index in [1.54, 1.807) is 12.1 Å². The lowest BCUT2D eigenvalue weighted by Gasteiger charge is -2.09. The second-order valence-corrected chi connectivity index (χ2v) is 6.15. The monoisotopic (exact) mass is 351 g/mol. The summed E-state index contributed by atoms with van der Waals surface area (Å²) in [5.74, 6) is 0.653. The zero-order valence-electron chi connectivity index (χ0n) is 10.0. The van der Waals surface area contributed by atoms with Crippen molar-refractivity contribution in [3.05, 3.63) is 26.7 Å². The summed E-state index contributed by atoms with van der Waals surface area (Å²) in [7, 11) is 0. The van der Waals surface area contributed by atoms with E-state index in [1.165, 1.54) is 12.8 Å². The Hall–Kier alpha value is 0.0400. The highest BCUT2D eigenvalue weighted by atomic mass is 79.9. The predicted molar refractivity (Wildman–Crippen MR) is 79.9 cm³/mol. The van der Waals surface area contributed by atoms with Gasteiger partial charge in [0.05, 0.1) is 16.7 Å². The third kappa shape index (κ3) is 4.61. The van der Waals surface area contributed by atoms with Gasteiger partial charge < -0.3 is 10.1 Å². The van der Waals surface area contributed by atoms with E-state index in [2.05, 4.69) is 21.2 Å². The molecule has 2 nitrogen and oxygen atoms in total. The van der Waals surface area contributed by atoms with E-state index in [0.29, 0.717) is 22.4 Å². The molecule has 0 radical (unpaired) electrons. The van der Waals surface area contributed by atoms with Gasteiger partial charge in [-0.05, 0) is 54.2 Å². The molecule has 0 aromatic heterocycles. The van der Waals surface area contributed by atoms with E-state index in [4.69, 9.17) is 27.9 Å². The highest BCUT2D eigenvalue weighted by Gasteiger charge is 2.19. The quantitative estimate of drug-likeness (QED) is 0.568. The van der Waals surface area contributed by atoms with Gasteiger partial charge in [-0.25, -0.2) is 0 Å². The summed E-state index contributed by atoms with van der Waals surface area (Å²) in [4.78, 5) is 0. The van der Waals surface area contributed by atoms with Crippen molar-refractivity contribution in [3.8, 4) is 5.75 Å². The molecule has 1 aliphatic carbocycles. The summed E-state index contributed by atoms with van der Waals surface area (Å²) in [5.41, 5.74) is 0. The van der Waals surface area contributed by atoms with Gasteiger partial charge in [0.1, 0.15) is 5.75 Å². The minimum absolute atomic E-state index is 0.586. The molecule has 0 heterocycles. The number of rotatable bonds is 7. The number of hydrogen-bond donors (Lipinski definition) is 1. The first-order chi connectivity index (χ1) is 8.66. The smallest absolute Gasteiger partial charge is 0.139 e. The highest BCUT2D eigenvalue weighted by Crippen LogP contribution is 2.34. The van der Waals surface area contributed by atoms with Crippen molar-refractivity contribution >= 4 is 39.1 Å².